The van der Waals surface area contributed by atoms with Crippen LogP contribution in [-0.4, -0.2) is 24.1 Å². The van der Waals surface area contributed by atoms with Gasteiger partial charge in [0.25, 0.3) is 0 Å². The maximum atomic E-state index is 11.5. The predicted molar refractivity (Wildman–Crippen MR) is 59.9 cm³/mol. The molecule has 0 amide bonds. The maximum Gasteiger partial charge on any atom is 0.330 e. The van der Waals surface area contributed by atoms with Gasteiger partial charge in [0, 0.05) is 18.9 Å². The highest BCUT2D eigenvalue weighted by Gasteiger charge is 2.23. The molecule has 0 unspecified atom stereocenters. The molecule has 0 spiro atoms. The van der Waals surface area contributed by atoms with E-state index in [1.54, 1.807) is 13.8 Å². The molecule has 90 valence electrons. The number of hydrogen-bond acceptors (Lipinski definition) is 4. The van der Waals surface area contributed by atoms with Crippen molar-refractivity contribution in [2.24, 2.45) is 5.92 Å². The molecule has 4 nitrogen and oxygen atoms in total. The van der Waals surface area contributed by atoms with Gasteiger partial charge in [-0.05, 0) is 6.42 Å². The predicted octanol–water partition coefficient (Wildman–Crippen LogP) is 1.68. The molecule has 0 bridgehead atoms. The van der Waals surface area contributed by atoms with Crippen LogP contribution in [0.15, 0.2) is 12.7 Å². The van der Waals surface area contributed by atoms with Gasteiger partial charge in [0.1, 0.15) is 11.6 Å². The molecule has 4 heteroatoms. The molecular formula is C12H18O4. The minimum absolute atomic E-state index is 0.0764. The molecule has 0 rings (SSSR count). The van der Waals surface area contributed by atoms with Crippen molar-refractivity contribution < 1.29 is 19.1 Å². The minimum Gasteiger partial charge on any atom is -0.463 e. The molecule has 0 aromatic carbocycles. The molecule has 0 aliphatic heterocycles. The van der Waals surface area contributed by atoms with Gasteiger partial charge in [-0.3, -0.25) is 9.59 Å². The average molecular weight is 226 g/mol. The van der Waals surface area contributed by atoms with Crippen LogP contribution in [0.2, 0.25) is 0 Å². The maximum absolute atomic E-state index is 11.5. The van der Waals surface area contributed by atoms with Crippen molar-refractivity contribution in [3.8, 4) is 0 Å². The molecule has 0 saturated carbocycles. The second-order valence-corrected chi connectivity index (χ2v) is 3.35. The topological polar surface area (TPSA) is 60.4 Å². The van der Waals surface area contributed by atoms with Crippen LogP contribution in [0.25, 0.3) is 0 Å². The lowest BCUT2D eigenvalue weighted by Crippen LogP contribution is -2.25. The zero-order valence-corrected chi connectivity index (χ0v) is 9.82. The minimum atomic E-state index is -0.632. The van der Waals surface area contributed by atoms with Crippen LogP contribution in [0.4, 0.5) is 0 Å². The van der Waals surface area contributed by atoms with E-state index < -0.39 is 11.9 Å². The molecule has 0 radical (unpaired) electrons. The SMILES string of the molecule is C=CC(=O)OCCC(C(=O)CC)C(=O)CC. The third-order valence-electron chi connectivity index (χ3n) is 2.29. The quantitative estimate of drug-likeness (QED) is 0.359. The van der Waals surface area contributed by atoms with Gasteiger partial charge in [0.15, 0.2) is 0 Å². The molecule has 0 aromatic heterocycles. The fourth-order valence-corrected chi connectivity index (χ4v) is 1.33. The normalized spacial score (nSPS) is 9.94. The lowest BCUT2D eigenvalue weighted by atomic mass is 9.93. The molecule has 0 heterocycles. The Morgan fingerprint density at radius 2 is 1.69 bits per heavy atom. The van der Waals surface area contributed by atoms with Crippen molar-refractivity contribution in [2.45, 2.75) is 33.1 Å². The molecule has 0 atom stereocenters. The Kier molecular flexibility index (Phi) is 7.09. The van der Waals surface area contributed by atoms with E-state index in [-0.39, 0.29) is 24.6 Å². The summed E-state index contributed by atoms with van der Waals surface area (Å²) in [4.78, 5) is 33.7. The first-order chi connectivity index (χ1) is 7.56. The van der Waals surface area contributed by atoms with Crippen molar-refractivity contribution in [1.82, 2.24) is 0 Å². The van der Waals surface area contributed by atoms with E-state index >= 15 is 0 Å². The molecule has 0 fully saturated rings. The summed E-state index contributed by atoms with van der Waals surface area (Å²) in [7, 11) is 0. The van der Waals surface area contributed by atoms with Gasteiger partial charge >= 0.3 is 5.97 Å². The highest BCUT2D eigenvalue weighted by Crippen LogP contribution is 2.11. The Hall–Kier alpha value is -1.45. The second kappa shape index (κ2) is 7.79. The average Bonchev–Trinajstić information content (AvgIpc) is 2.32. The van der Waals surface area contributed by atoms with E-state index in [0.29, 0.717) is 12.8 Å². The monoisotopic (exact) mass is 226 g/mol. The van der Waals surface area contributed by atoms with E-state index in [1.165, 1.54) is 0 Å². The number of Topliss-reactive ketones (excluding diaryl/α,β-unsaturated/α-hetero) is 2. The smallest absolute Gasteiger partial charge is 0.330 e. The fraction of sp³-hybridized carbons (Fsp3) is 0.583. The Morgan fingerprint density at radius 3 is 2.06 bits per heavy atom. The molecule has 0 saturated heterocycles. The molecule has 0 N–H and O–H groups in total. The van der Waals surface area contributed by atoms with E-state index in [9.17, 15) is 14.4 Å². The van der Waals surface area contributed by atoms with Crippen LogP contribution in [0.3, 0.4) is 0 Å². The summed E-state index contributed by atoms with van der Waals surface area (Å²) in [5.41, 5.74) is 0. The number of rotatable bonds is 8. The summed E-state index contributed by atoms with van der Waals surface area (Å²) in [6, 6.07) is 0. The van der Waals surface area contributed by atoms with Crippen LogP contribution < -0.4 is 0 Å². The number of carbonyl (C=O) groups is 3. The van der Waals surface area contributed by atoms with Crippen LogP contribution in [0, 0.1) is 5.92 Å². The first-order valence-corrected chi connectivity index (χ1v) is 5.41. The van der Waals surface area contributed by atoms with Gasteiger partial charge < -0.3 is 4.74 Å². The standard InChI is InChI=1S/C12H18O4/c1-4-10(13)9(11(14)5-2)7-8-16-12(15)6-3/h6,9H,3-5,7-8H2,1-2H3. The van der Waals surface area contributed by atoms with Crippen LogP contribution in [-0.2, 0) is 19.1 Å². The third kappa shape index (κ3) is 4.87. The van der Waals surface area contributed by atoms with Crippen LogP contribution in [0.5, 0.6) is 0 Å². The van der Waals surface area contributed by atoms with E-state index in [0.717, 1.165) is 6.08 Å². The van der Waals surface area contributed by atoms with Crippen molar-refractivity contribution in [1.29, 1.82) is 0 Å². The van der Waals surface area contributed by atoms with Gasteiger partial charge in [0.2, 0.25) is 0 Å². The van der Waals surface area contributed by atoms with Crippen LogP contribution >= 0.6 is 0 Å². The lowest BCUT2D eigenvalue weighted by Gasteiger charge is -2.12. The molecular weight excluding hydrogens is 208 g/mol. The first-order valence-electron chi connectivity index (χ1n) is 5.41. The van der Waals surface area contributed by atoms with Gasteiger partial charge in [0.05, 0.1) is 12.5 Å². The van der Waals surface area contributed by atoms with Gasteiger partial charge in [-0.2, -0.15) is 0 Å². The molecule has 16 heavy (non-hydrogen) atoms. The summed E-state index contributed by atoms with van der Waals surface area (Å²) in [6.45, 7) is 6.76. The second-order valence-electron chi connectivity index (χ2n) is 3.35. The van der Waals surface area contributed by atoms with E-state index in [1.807, 2.05) is 0 Å². The van der Waals surface area contributed by atoms with Gasteiger partial charge in [-0.15, -0.1) is 0 Å². The van der Waals surface area contributed by atoms with Gasteiger partial charge in [-0.1, -0.05) is 20.4 Å². The number of ketones is 2. The van der Waals surface area contributed by atoms with Gasteiger partial charge in [-0.25, -0.2) is 4.79 Å². The van der Waals surface area contributed by atoms with Crippen molar-refractivity contribution in [3.63, 3.8) is 0 Å². The summed E-state index contributed by atoms with van der Waals surface area (Å²) in [5.74, 6) is -1.36. The Morgan fingerprint density at radius 1 is 1.19 bits per heavy atom. The summed E-state index contributed by atoms with van der Waals surface area (Å²) in [6.07, 6.45) is 1.97. The Bertz CT molecular complexity index is 265. The van der Waals surface area contributed by atoms with E-state index in [4.69, 9.17) is 4.74 Å². The third-order valence-corrected chi connectivity index (χ3v) is 2.29. The van der Waals surface area contributed by atoms with Crippen molar-refractivity contribution in [2.75, 3.05) is 6.61 Å². The number of hydrogen-bond donors (Lipinski definition) is 0. The molecule has 0 aliphatic carbocycles. The van der Waals surface area contributed by atoms with Crippen molar-refractivity contribution >= 4 is 17.5 Å². The highest BCUT2D eigenvalue weighted by molar-refractivity contribution is 6.02. The lowest BCUT2D eigenvalue weighted by molar-refractivity contribution is -0.141. The first kappa shape index (κ1) is 14.6. The van der Waals surface area contributed by atoms with Crippen molar-refractivity contribution in [3.05, 3.63) is 12.7 Å². The molecule has 0 aromatic rings. The number of carbonyl (C=O) groups excluding carboxylic acids is 3. The Balaban J connectivity index is 4.22. The van der Waals surface area contributed by atoms with E-state index in [2.05, 4.69) is 6.58 Å². The zero-order valence-electron chi connectivity index (χ0n) is 9.82. The summed E-state index contributed by atoms with van der Waals surface area (Å²) >= 11 is 0. The zero-order chi connectivity index (χ0) is 12.6. The highest BCUT2D eigenvalue weighted by atomic mass is 16.5. The van der Waals surface area contributed by atoms with Crippen LogP contribution in [0.1, 0.15) is 33.1 Å². The summed E-state index contributed by atoms with van der Waals surface area (Å²) < 4.78 is 4.75. The fourth-order valence-electron chi connectivity index (χ4n) is 1.33. The Labute approximate surface area is 95.7 Å². The largest absolute Gasteiger partial charge is 0.463 e. The number of ether oxygens (including phenoxy) is 1. The molecule has 0 aliphatic rings. The number of esters is 1. The summed E-state index contributed by atoms with van der Waals surface area (Å²) in [5, 5.41) is 0.